The highest BCUT2D eigenvalue weighted by molar-refractivity contribution is 7.89. The highest BCUT2D eigenvalue weighted by atomic mass is 32.2. The third kappa shape index (κ3) is 5.93. The number of piperidine rings is 1. The molecular weight excluding hydrogens is 621 g/mol. The molecule has 2 saturated heterocycles. The average molecular weight is 649 g/mol. The van der Waals surface area contributed by atoms with Gasteiger partial charge in [0.15, 0.2) is 0 Å². The number of likely N-dealkylation sites (tertiary alicyclic amines) is 1. The van der Waals surface area contributed by atoms with E-state index < -0.39 is 64.1 Å². The molecule has 238 valence electrons. The number of hydrogen-bond donors (Lipinski definition) is 1. The van der Waals surface area contributed by atoms with E-state index in [0.29, 0.717) is 16.0 Å². The Morgan fingerprint density at radius 3 is 2.23 bits per heavy atom. The van der Waals surface area contributed by atoms with Crippen LogP contribution in [-0.4, -0.2) is 84.6 Å². The molecule has 8 nitrogen and oxygen atoms in total. The predicted molar refractivity (Wildman–Crippen MR) is 144 cm³/mol. The fraction of sp³-hybridized carbons (Fsp3) is 0.464. The average Bonchev–Trinajstić information content (AvgIpc) is 3.37. The number of aliphatic imine (C=N–C) groups is 1. The summed E-state index contributed by atoms with van der Waals surface area (Å²) in [5.41, 5.74) is -1.19. The molecule has 3 aliphatic rings. The second-order valence-electron chi connectivity index (χ2n) is 11.2. The van der Waals surface area contributed by atoms with Crippen molar-refractivity contribution in [2.45, 2.75) is 49.7 Å². The Hall–Kier alpha value is -3.53. The molecule has 2 aromatic carbocycles. The minimum atomic E-state index is -4.58. The first-order chi connectivity index (χ1) is 20.3. The fourth-order valence-corrected chi connectivity index (χ4v) is 7.01. The minimum absolute atomic E-state index is 0.0121. The van der Waals surface area contributed by atoms with Gasteiger partial charge in [0.05, 0.1) is 24.4 Å². The van der Waals surface area contributed by atoms with Crippen LogP contribution < -0.4 is 5.32 Å². The van der Waals surface area contributed by atoms with E-state index >= 15 is 0 Å². The van der Waals surface area contributed by atoms with Gasteiger partial charge in [-0.25, -0.2) is 12.7 Å². The molecule has 44 heavy (non-hydrogen) atoms. The van der Waals surface area contributed by atoms with Gasteiger partial charge in [-0.2, -0.15) is 30.7 Å². The van der Waals surface area contributed by atoms with Crippen molar-refractivity contribution in [2.75, 3.05) is 31.9 Å². The Kier molecular flexibility index (Phi) is 7.84. The topological polar surface area (TPSA) is 99.2 Å². The van der Waals surface area contributed by atoms with Crippen molar-refractivity contribution in [3.05, 3.63) is 70.3 Å². The van der Waals surface area contributed by atoms with Crippen LogP contribution in [-0.2, 0) is 27.4 Å². The molecule has 0 atom stereocenters. The number of alkyl halides is 7. The Morgan fingerprint density at radius 2 is 1.64 bits per heavy atom. The fourth-order valence-electron chi connectivity index (χ4n) is 5.54. The summed E-state index contributed by atoms with van der Waals surface area (Å²) in [5.74, 6) is -10.5. The third-order valence-electron chi connectivity index (χ3n) is 8.21. The van der Waals surface area contributed by atoms with E-state index in [1.165, 1.54) is 34.6 Å². The molecule has 0 saturated carbocycles. The summed E-state index contributed by atoms with van der Waals surface area (Å²) in [5, 5.41) is 2.53. The molecule has 1 N–H and O–H groups in total. The summed E-state index contributed by atoms with van der Waals surface area (Å²) in [6.45, 7) is -1.34. The lowest BCUT2D eigenvalue weighted by Gasteiger charge is -2.34. The smallest absolute Gasteiger partial charge is 0.326 e. The SMILES string of the molecule is Cc1cc(C(=O)N2CC(F)(F)C(F)(F)C2)ccc1CCS(=O)(=O)N1CCC2(CC1)N=C(c1cccc(C(F)(F)F)c1)NC2=O. The molecule has 3 aliphatic heterocycles. The first kappa shape index (κ1) is 31.9. The summed E-state index contributed by atoms with van der Waals surface area (Å²) in [7, 11) is -3.83. The largest absolute Gasteiger partial charge is 0.416 e. The number of halogens is 7. The molecule has 3 heterocycles. The monoisotopic (exact) mass is 648 g/mol. The quantitative estimate of drug-likeness (QED) is 0.479. The van der Waals surface area contributed by atoms with Gasteiger partial charge >= 0.3 is 18.0 Å². The van der Waals surface area contributed by atoms with Crippen molar-refractivity contribution in [2.24, 2.45) is 4.99 Å². The zero-order chi connectivity index (χ0) is 32.3. The van der Waals surface area contributed by atoms with Gasteiger partial charge in [0.1, 0.15) is 11.4 Å². The summed E-state index contributed by atoms with van der Waals surface area (Å²) in [6, 6.07) is 8.43. The molecule has 0 bridgehead atoms. The standard InChI is InChI=1S/C28H27F7N4O4S/c1-17-13-20(23(40)38-15-26(29,30)27(31,32)16-38)6-5-18(17)7-12-44(42,43)39-10-8-25(9-11-39)24(41)36-22(37-25)19-3-2-4-21(14-19)28(33,34)35/h2-6,13-14H,7-12,15-16H2,1H3,(H,36,37,41). The van der Waals surface area contributed by atoms with Crippen LogP contribution in [0.15, 0.2) is 47.5 Å². The van der Waals surface area contributed by atoms with Crippen molar-refractivity contribution >= 4 is 27.7 Å². The van der Waals surface area contributed by atoms with Crippen LogP contribution in [0, 0.1) is 6.92 Å². The van der Waals surface area contributed by atoms with Gasteiger partial charge in [-0.3, -0.25) is 14.6 Å². The van der Waals surface area contributed by atoms with Crippen molar-refractivity contribution in [1.29, 1.82) is 0 Å². The maximum Gasteiger partial charge on any atom is 0.416 e. The van der Waals surface area contributed by atoms with E-state index in [9.17, 15) is 48.7 Å². The van der Waals surface area contributed by atoms with Crippen LogP contribution in [0.3, 0.4) is 0 Å². The highest BCUT2D eigenvalue weighted by Crippen LogP contribution is 2.41. The van der Waals surface area contributed by atoms with Crippen molar-refractivity contribution in [1.82, 2.24) is 14.5 Å². The molecule has 0 aliphatic carbocycles. The molecule has 2 amide bonds. The molecule has 1 spiro atoms. The van der Waals surface area contributed by atoms with Crippen molar-refractivity contribution in [3.63, 3.8) is 0 Å². The minimum Gasteiger partial charge on any atom is -0.326 e. The van der Waals surface area contributed by atoms with Gasteiger partial charge in [-0.15, -0.1) is 0 Å². The van der Waals surface area contributed by atoms with E-state index in [0.717, 1.165) is 12.1 Å². The summed E-state index contributed by atoms with van der Waals surface area (Å²) < 4.78 is 121. The number of rotatable bonds is 6. The molecular formula is C28H27F7N4O4S. The number of amides is 2. The second-order valence-corrected chi connectivity index (χ2v) is 13.3. The van der Waals surface area contributed by atoms with Crippen LogP contribution in [0.25, 0.3) is 0 Å². The number of amidine groups is 1. The van der Waals surface area contributed by atoms with Crippen LogP contribution >= 0.6 is 0 Å². The number of carbonyl (C=O) groups excluding carboxylic acids is 2. The first-order valence-corrected chi connectivity index (χ1v) is 15.2. The van der Waals surface area contributed by atoms with Gasteiger partial charge < -0.3 is 10.2 Å². The number of aryl methyl sites for hydroxylation is 2. The van der Waals surface area contributed by atoms with Crippen LogP contribution in [0.2, 0.25) is 0 Å². The number of nitrogens with one attached hydrogen (secondary N) is 1. The third-order valence-corrected chi connectivity index (χ3v) is 10.1. The predicted octanol–water partition coefficient (Wildman–Crippen LogP) is 4.02. The van der Waals surface area contributed by atoms with Crippen molar-refractivity contribution < 1.29 is 48.7 Å². The maximum atomic E-state index is 13.5. The summed E-state index contributed by atoms with van der Waals surface area (Å²) in [6.07, 6.45) is -4.51. The van der Waals surface area contributed by atoms with Crippen LogP contribution in [0.1, 0.15) is 45.5 Å². The number of nitrogens with zero attached hydrogens (tertiary/aromatic N) is 3. The van der Waals surface area contributed by atoms with E-state index in [2.05, 4.69) is 10.3 Å². The van der Waals surface area contributed by atoms with E-state index in [1.807, 2.05) is 0 Å². The zero-order valence-electron chi connectivity index (χ0n) is 23.2. The lowest BCUT2D eigenvalue weighted by atomic mass is 9.89. The molecule has 16 heteroatoms. The van der Waals surface area contributed by atoms with Crippen LogP contribution in [0.4, 0.5) is 30.7 Å². The number of benzene rings is 2. The Balaban J connectivity index is 1.21. The number of carbonyl (C=O) groups is 2. The Labute approximate surface area is 248 Å². The molecule has 2 aromatic rings. The number of hydrogen-bond acceptors (Lipinski definition) is 5. The van der Waals surface area contributed by atoms with Gasteiger partial charge in [0, 0.05) is 24.2 Å². The molecule has 0 unspecified atom stereocenters. The highest BCUT2D eigenvalue weighted by Gasteiger charge is 2.63. The molecule has 0 radical (unpaired) electrons. The second kappa shape index (κ2) is 10.8. The van der Waals surface area contributed by atoms with Gasteiger partial charge in [0.25, 0.3) is 11.8 Å². The van der Waals surface area contributed by atoms with E-state index in [1.54, 1.807) is 6.92 Å². The van der Waals surface area contributed by atoms with Crippen molar-refractivity contribution in [3.8, 4) is 0 Å². The summed E-state index contributed by atoms with van der Waals surface area (Å²) >= 11 is 0. The normalized spacial score (nSPS) is 21.4. The Morgan fingerprint density at radius 1 is 1.00 bits per heavy atom. The van der Waals surface area contributed by atoms with Crippen LogP contribution in [0.5, 0.6) is 0 Å². The molecule has 5 rings (SSSR count). The lowest BCUT2D eigenvalue weighted by Crippen LogP contribution is -2.50. The van der Waals surface area contributed by atoms with E-state index in [-0.39, 0.29) is 55.1 Å². The maximum absolute atomic E-state index is 13.5. The zero-order valence-corrected chi connectivity index (χ0v) is 24.0. The van der Waals surface area contributed by atoms with Gasteiger partial charge in [-0.1, -0.05) is 18.2 Å². The first-order valence-electron chi connectivity index (χ1n) is 13.5. The number of sulfonamides is 1. The van der Waals surface area contributed by atoms with E-state index in [4.69, 9.17) is 0 Å². The summed E-state index contributed by atoms with van der Waals surface area (Å²) in [4.78, 5) is 30.2. The van der Waals surface area contributed by atoms with Gasteiger partial charge in [0.2, 0.25) is 10.0 Å². The lowest BCUT2D eigenvalue weighted by molar-refractivity contribution is -0.172. The molecule has 2 fully saturated rings. The Bertz CT molecular complexity index is 1620. The van der Waals surface area contributed by atoms with Gasteiger partial charge in [-0.05, 0) is 61.6 Å². The molecule has 0 aromatic heterocycles.